The average Bonchev–Trinajstić information content (AvgIpc) is 3.05. The first-order valence-corrected chi connectivity index (χ1v) is 6.15. The van der Waals surface area contributed by atoms with E-state index in [4.69, 9.17) is 14.4 Å². The molecule has 1 aromatic carbocycles. The highest BCUT2D eigenvalue weighted by Gasteiger charge is 2.10. The van der Waals surface area contributed by atoms with Crippen LogP contribution in [0.3, 0.4) is 0 Å². The number of rotatable bonds is 5. The minimum atomic E-state index is -0.556. The van der Waals surface area contributed by atoms with Crippen molar-refractivity contribution < 1.29 is 18.7 Å². The molecule has 0 atom stereocenters. The fourth-order valence-corrected chi connectivity index (χ4v) is 1.54. The number of amides is 1. The molecular weight excluding hydrogens is 272 g/mol. The van der Waals surface area contributed by atoms with Crippen molar-refractivity contribution in [2.75, 3.05) is 6.54 Å². The summed E-state index contributed by atoms with van der Waals surface area (Å²) in [6, 6.07) is 11.8. The number of benzene rings is 1. The van der Waals surface area contributed by atoms with Gasteiger partial charge in [0, 0.05) is 0 Å². The van der Waals surface area contributed by atoms with E-state index in [1.807, 2.05) is 6.07 Å². The zero-order valence-electron chi connectivity index (χ0n) is 11.0. The van der Waals surface area contributed by atoms with E-state index < -0.39 is 11.9 Å². The number of nitrogens with zero attached hydrogens (tertiary/aromatic N) is 1. The minimum absolute atomic E-state index is 0.0845. The van der Waals surface area contributed by atoms with Gasteiger partial charge in [-0.1, -0.05) is 12.1 Å². The SMILES string of the molecule is N#Cc1ccc(COC(=O)CNC(=O)c2ccco2)cc1. The Morgan fingerprint density at radius 1 is 1.24 bits per heavy atom. The van der Waals surface area contributed by atoms with Crippen LogP contribution in [0.1, 0.15) is 21.7 Å². The number of carbonyl (C=O) groups excluding carboxylic acids is 2. The summed E-state index contributed by atoms with van der Waals surface area (Å²) in [6.45, 7) is -0.156. The van der Waals surface area contributed by atoms with Crippen LogP contribution < -0.4 is 5.32 Å². The van der Waals surface area contributed by atoms with Gasteiger partial charge in [-0.15, -0.1) is 0 Å². The maximum atomic E-state index is 11.5. The molecule has 1 heterocycles. The second-order valence-electron chi connectivity index (χ2n) is 4.13. The van der Waals surface area contributed by atoms with Crippen LogP contribution in [-0.4, -0.2) is 18.4 Å². The molecule has 6 nitrogen and oxygen atoms in total. The Balaban J connectivity index is 1.74. The first-order valence-electron chi connectivity index (χ1n) is 6.15. The minimum Gasteiger partial charge on any atom is -0.460 e. The monoisotopic (exact) mass is 284 g/mol. The van der Waals surface area contributed by atoms with Gasteiger partial charge >= 0.3 is 5.97 Å². The summed E-state index contributed by atoms with van der Waals surface area (Å²) < 4.78 is 9.89. The third-order valence-corrected chi connectivity index (χ3v) is 2.62. The molecule has 6 heteroatoms. The van der Waals surface area contributed by atoms with Crippen LogP contribution in [0.4, 0.5) is 0 Å². The van der Waals surface area contributed by atoms with Crippen LogP contribution in [0.15, 0.2) is 47.1 Å². The Morgan fingerprint density at radius 2 is 2.00 bits per heavy atom. The zero-order chi connectivity index (χ0) is 15.1. The van der Waals surface area contributed by atoms with Crippen molar-refractivity contribution in [1.82, 2.24) is 5.32 Å². The van der Waals surface area contributed by atoms with Crippen LogP contribution in [0.25, 0.3) is 0 Å². The van der Waals surface area contributed by atoms with Crippen molar-refractivity contribution in [2.45, 2.75) is 6.61 Å². The van der Waals surface area contributed by atoms with Gasteiger partial charge in [-0.05, 0) is 29.8 Å². The molecule has 106 valence electrons. The highest BCUT2D eigenvalue weighted by molar-refractivity contribution is 5.93. The van der Waals surface area contributed by atoms with Crippen molar-refractivity contribution >= 4 is 11.9 Å². The summed E-state index contributed by atoms with van der Waals surface area (Å²) in [4.78, 5) is 23.0. The fourth-order valence-electron chi connectivity index (χ4n) is 1.54. The lowest BCUT2D eigenvalue weighted by Crippen LogP contribution is -2.30. The van der Waals surface area contributed by atoms with E-state index in [0.29, 0.717) is 5.56 Å². The Kier molecular flexibility index (Phi) is 4.72. The van der Waals surface area contributed by atoms with E-state index >= 15 is 0 Å². The van der Waals surface area contributed by atoms with E-state index in [1.165, 1.54) is 12.3 Å². The third-order valence-electron chi connectivity index (χ3n) is 2.62. The molecule has 0 radical (unpaired) electrons. The highest BCUT2D eigenvalue weighted by Crippen LogP contribution is 2.05. The highest BCUT2D eigenvalue weighted by atomic mass is 16.5. The molecule has 0 saturated carbocycles. The standard InChI is InChI=1S/C15H12N2O4/c16-8-11-3-5-12(6-4-11)10-21-14(18)9-17-15(19)13-2-1-7-20-13/h1-7H,9-10H2,(H,17,19). The lowest BCUT2D eigenvalue weighted by molar-refractivity contribution is -0.143. The van der Waals surface area contributed by atoms with Crippen LogP contribution in [-0.2, 0) is 16.1 Å². The molecule has 1 aromatic heterocycles. The van der Waals surface area contributed by atoms with E-state index in [-0.39, 0.29) is 18.9 Å². The van der Waals surface area contributed by atoms with Gasteiger partial charge in [0.05, 0.1) is 17.9 Å². The Morgan fingerprint density at radius 3 is 2.62 bits per heavy atom. The van der Waals surface area contributed by atoms with E-state index in [1.54, 1.807) is 30.3 Å². The first kappa shape index (κ1) is 14.3. The molecular formula is C15H12N2O4. The van der Waals surface area contributed by atoms with Gasteiger partial charge in [-0.25, -0.2) is 0 Å². The van der Waals surface area contributed by atoms with Gasteiger partial charge in [0.15, 0.2) is 5.76 Å². The molecule has 2 rings (SSSR count). The zero-order valence-corrected chi connectivity index (χ0v) is 11.0. The Hall–Kier alpha value is -3.07. The lowest BCUT2D eigenvalue weighted by atomic mass is 10.2. The van der Waals surface area contributed by atoms with Crippen LogP contribution in [0.5, 0.6) is 0 Å². The summed E-state index contributed by atoms with van der Waals surface area (Å²) in [5.41, 5.74) is 1.30. The number of nitrogens with one attached hydrogen (secondary N) is 1. The molecule has 21 heavy (non-hydrogen) atoms. The van der Waals surface area contributed by atoms with Crippen LogP contribution >= 0.6 is 0 Å². The number of carbonyl (C=O) groups is 2. The second-order valence-corrected chi connectivity index (χ2v) is 4.13. The van der Waals surface area contributed by atoms with E-state index in [9.17, 15) is 9.59 Å². The number of esters is 1. The first-order chi connectivity index (χ1) is 10.2. The smallest absolute Gasteiger partial charge is 0.325 e. The normalized spacial score (nSPS) is 9.67. The maximum absolute atomic E-state index is 11.5. The van der Waals surface area contributed by atoms with Crippen molar-refractivity contribution in [3.8, 4) is 6.07 Å². The number of nitriles is 1. The Bertz CT molecular complexity index is 654. The molecule has 0 fully saturated rings. The molecule has 0 bridgehead atoms. The molecule has 0 aliphatic rings. The van der Waals surface area contributed by atoms with Crippen molar-refractivity contribution in [2.24, 2.45) is 0 Å². The largest absolute Gasteiger partial charge is 0.460 e. The van der Waals surface area contributed by atoms with Gasteiger partial charge in [0.2, 0.25) is 0 Å². The van der Waals surface area contributed by atoms with E-state index in [2.05, 4.69) is 5.32 Å². The molecule has 2 aromatic rings. The summed E-state index contributed by atoms with van der Waals surface area (Å²) >= 11 is 0. The van der Waals surface area contributed by atoms with Crippen molar-refractivity contribution in [3.05, 3.63) is 59.5 Å². The average molecular weight is 284 g/mol. The molecule has 0 spiro atoms. The predicted molar refractivity (Wildman–Crippen MR) is 72.0 cm³/mol. The quantitative estimate of drug-likeness (QED) is 0.842. The molecule has 1 N–H and O–H groups in total. The summed E-state index contributed by atoms with van der Waals surface area (Å²) in [7, 11) is 0. The lowest BCUT2D eigenvalue weighted by Gasteiger charge is -2.05. The summed E-state index contributed by atoms with van der Waals surface area (Å²) in [5.74, 6) is -0.899. The molecule has 0 aliphatic heterocycles. The van der Waals surface area contributed by atoms with Crippen molar-refractivity contribution in [1.29, 1.82) is 5.26 Å². The summed E-state index contributed by atoms with van der Waals surface area (Å²) in [5, 5.41) is 11.1. The fraction of sp³-hybridized carbons (Fsp3) is 0.133. The molecule has 0 unspecified atom stereocenters. The van der Waals surface area contributed by atoms with E-state index in [0.717, 1.165) is 5.56 Å². The Labute approximate surface area is 120 Å². The second kappa shape index (κ2) is 6.91. The molecule has 0 saturated heterocycles. The van der Waals surface area contributed by atoms with Gasteiger partial charge in [0.25, 0.3) is 5.91 Å². The number of hydrogen-bond donors (Lipinski definition) is 1. The maximum Gasteiger partial charge on any atom is 0.325 e. The summed E-state index contributed by atoms with van der Waals surface area (Å²) in [6.07, 6.45) is 1.37. The van der Waals surface area contributed by atoms with Gasteiger partial charge in [-0.2, -0.15) is 5.26 Å². The third kappa shape index (κ3) is 4.21. The number of ether oxygens (including phenoxy) is 1. The van der Waals surface area contributed by atoms with Gasteiger partial charge < -0.3 is 14.5 Å². The van der Waals surface area contributed by atoms with Gasteiger partial charge in [-0.3, -0.25) is 9.59 Å². The van der Waals surface area contributed by atoms with Crippen molar-refractivity contribution in [3.63, 3.8) is 0 Å². The molecule has 0 aliphatic carbocycles. The van der Waals surface area contributed by atoms with Crippen LogP contribution in [0.2, 0.25) is 0 Å². The molecule has 1 amide bonds. The van der Waals surface area contributed by atoms with Gasteiger partial charge in [0.1, 0.15) is 13.2 Å². The van der Waals surface area contributed by atoms with Crippen LogP contribution in [0, 0.1) is 11.3 Å². The number of furan rings is 1. The number of hydrogen-bond acceptors (Lipinski definition) is 5. The topological polar surface area (TPSA) is 92.3 Å². The predicted octanol–water partition coefficient (Wildman–Crippen LogP) is 1.62.